The van der Waals surface area contributed by atoms with Gasteiger partial charge in [-0.3, -0.25) is 4.79 Å². The fourth-order valence-electron chi connectivity index (χ4n) is 1.61. The van der Waals surface area contributed by atoms with E-state index >= 15 is 0 Å². The summed E-state index contributed by atoms with van der Waals surface area (Å²) in [4.78, 5) is 18.4. The minimum absolute atomic E-state index is 0.0811. The molecule has 0 atom stereocenters. The molecule has 0 amide bonds. The van der Waals surface area contributed by atoms with Gasteiger partial charge in [0.2, 0.25) is 0 Å². The zero-order valence-corrected chi connectivity index (χ0v) is 9.58. The van der Waals surface area contributed by atoms with E-state index in [-0.39, 0.29) is 5.56 Å². The van der Waals surface area contributed by atoms with Crippen molar-refractivity contribution in [3.8, 4) is 11.3 Å². The molecule has 0 unspecified atom stereocenters. The second kappa shape index (κ2) is 4.49. The number of H-pyrrole nitrogens is 1. The van der Waals surface area contributed by atoms with E-state index in [4.69, 9.17) is 11.6 Å². The number of rotatable bonds is 2. The van der Waals surface area contributed by atoms with E-state index in [1.807, 2.05) is 19.1 Å². The summed E-state index contributed by atoms with van der Waals surface area (Å²) in [5.74, 6) is 0. The molecule has 1 heterocycles. The molecule has 2 rings (SSSR count). The molecule has 4 heteroatoms. The standard InChI is InChI=1S/C12H11ClN2O/c1-2-10-11(14-7-15-12(10)16)8-3-5-9(13)6-4-8/h3-7H,2H2,1H3,(H,14,15,16). The summed E-state index contributed by atoms with van der Waals surface area (Å²) in [6, 6.07) is 7.31. The van der Waals surface area contributed by atoms with Crippen molar-refractivity contribution in [1.29, 1.82) is 0 Å². The lowest BCUT2D eigenvalue weighted by Gasteiger charge is -2.05. The van der Waals surface area contributed by atoms with Crippen LogP contribution < -0.4 is 5.56 Å². The number of aromatic amines is 1. The SMILES string of the molecule is CCc1c(-c2ccc(Cl)cc2)nc[nH]c1=O. The van der Waals surface area contributed by atoms with E-state index in [0.29, 0.717) is 17.0 Å². The average Bonchev–Trinajstić information content (AvgIpc) is 2.30. The third-order valence-corrected chi connectivity index (χ3v) is 2.67. The highest BCUT2D eigenvalue weighted by molar-refractivity contribution is 6.30. The Labute approximate surface area is 98.1 Å². The van der Waals surface area contributed by atoms with Crippen LogP contribution in [-0.4, -0.2) is 9.97 Å². The number of nitrogens with one attached hydrogen (secondary N) is 1. The number of hydrogen-bond acceptors (Lipinski definition) is 2. The van der Waals surface area contributed by atoms with Crippen LogP contribution in [0.5, 0.6) is 0 Å². The summed E-state index contributed by atoms with van der Waals surface area (Å²) >= 11 is 5.82. The van der Waals surface area contributed by atoms with Crippen molar-refractivity contribution in [2.45, 2.75) is 13.3 Å². The van der Waals surface area contributed by atoms with E-state index in [2.05, 4.69) is 9.97 Å². The fourth-order valence-corrected chi connectivity index (χ4v) is 1.74. The van der Waals surface area contributed by atoms with Gasteiger partial charge in [0.1, 0.15) is 0 Å². The second-order valence-electron chi connectivity index (χ2n) is 3.42. The van der Waals surface area contributed by atoms with Gasteiger partial charge in [0, 0.05) is 16.1 Å². The lowest BCUT2D eigenvalue weighted by molar-refractivity contribution is 1.01. The van der Waals surface area contributed by atoms with Crippen LogP contribution in [0.15, 0.2) is 35.4 Å². The number of nitrogens with zero attached hydrogens (tertiary/aromatic N) is 1. The quantitative estimate of drug-likeness (QED) is 0.868. The smallest absolute Gasteiger partial charge is 0.254 e. The van der Waals surface area contributed by atoms with E-state index in [0.717, 1.165) is 11.3 Å². The Bertz CT molecular complexity index is 546. The van der Waals surface area contributed by atoms with Crippen LogP contribution in [0.1, 0.15) is 12.5 Å². The molecule has 0 saturated heterocycles. The maximum Gasteiger partial charge on any atom is 0.254 e. The number of aromatic nitrogens is 2. The zero-order valence-electron chi connectivity index (χ0n) is 8.83. The van der Waals surface area contributed by atoms with Gasteiger partial charge in [-0.25, -0.2) is 4.98 Å². The lowest BCUT2D eigenvalue weighted by Crippen LogP contribution is -2.13. The minimum atomic E-state index is -0.0811. The highest BCUT2D eigenvalue weighted by atomic mass is 35.5. The molecular weight excluding hydrogens is 224 g/mol. The van der Waals surface area contributed by atoms with Crippen molar-refractivity contribution in [2.75, 3.05) is 0 Å². The molecule has 3 nitrogen and oxygen atoms in total. The monoisotopic (exact) mass is 234 g/mol. The Morgan fingerprint density at radius 1 is 1.31 bits per heavy atom. The summed E-state index contributed by atoms with van der Waals surface area (Å²) in [5, 5.41) is 0.673. The van der Waals surface area contributed by atoms with Crippen LogP contribution in [0.2, 0.25) is 5.02 Å². The van der Waals surface area contributed by atoms with Gasteiger partial charge in [0.05, 0.1) is 12.0 Å². The van der Waals surface area contributed by atoms with Gasteiger partial charge in [0.15, 0.2) is 0 Å². The molecule has 1 N–H and O–H groups in total. The molecule has 82 valence electrons. The number of halogens is 1. The molecule has 0 radical (unpaired) electrons. The molecule has 0 aliphatic heterocycles. The molecule has 0 saturated carbocycles. The van der Waals surface area contributed by atoms with Crippen molar-refractivity contribution in [3.05, 3.63) is 51.5 Å². The van der Waals surface area contributed by atoms with Gasteiger partial charge in [-0.15, -0.1) is 0 Å². The molecule has 1 aromatic heterocycles. The van der Waals surface area contributed by atoms with Crippen molar-refractivity contribution in [1.82, 2.24) is 9.97 Å². The van der Waals surface area contributed by atoms with Crippen molar-refractivity contribution in [2.24, 2.45) is 0 Å². The highest BCUT2D eigenvalue weighted by Gasteiger charge is 2.08. The average molecular weight is 235 g/mol. The Morgan fingerprint density at radius 3 is 2.62 bits per heavy atom. The lowest BCUT2D eigenvalue weighted by atomic mass is 10.1. The molecule has 2 aromatic rings. The van der Waals surface area contributed by atoms with Crippen LogP contribution in [0.4, 0.5) is 0 Å². The first kappa shape index (κ1) is 10.9. The van der Waals surface area contributed by atoms with Gasteiger partial charge in [0.25, 0.3) is 5.56 Å². The van der Waals surface area contributed by atoms with Gasteiger partial charge in [-0.1, -0.05) is 30.7 Å². The van der Waals surface area contributed by atoms with Crippen LogP contribution >= 0.6 is 11.6 Å². The predicted octanol–water partition coefficient (Wildman–Crippen LogP) is 2.65. The number of benzene rings is 1. The molecule has 16 heavy (non-hydrogen) atoms. The van der Waals surface area contributed by atoms with Gasteiger partial charge in [-0.2, -0.15) is 0 Å². The van der Waals surface area contributed by atoms with E-state index < -0.39 is 0 Å². The predicted molar refractivity (Wildman–Crippen MR) is 64.7 cm³/mol. The minimum Gasteiger partial charge on any atom is -0.313 e. The van der Waals surface area contributed by atoms with E-state index in [9.17, 15) is 4.79 Å². The molecule has 0 spiro atoms. The largest absolute Gasteiger partial charge is 0.313 e. The van der Waals surface area contributed by atoms with Crippen molar-refractivity contribution >= 4 is 11.6 Å². The van der Waals surface area contributed by atoms with E-state index in [1.165, 1.54) is 6.33 Å². The Kier molecular flexibility index (Phi) is 3.06. The highest BCUT2D eigenvalue weighted by Crippen LogP contribution is 2.21. The maximum atomic E-state index is 11.6. The first-order valence-corrected chi connectivity index (χ1v) is 5.42. The molecule has 0 bridgehead atoms. The third-order valence-electron chi connectivity index (χ3n) is 2.42. The Morgan fingerprint density at radius 2 is 2.00 bits per heavy atom. The zero-order chi connectivity index (χ0) is 11.5. The Hall–Kier alpha value is -1.61. The third kappa shape index (κ3) is 1.99. The molecule has 0 aliphatic rings. The summed E-state index contributed by atoms with van der Waals surface area (Å²) in [7, 11) is 0. The first-order valence-electron chi connectivity index (χ1n) is 5.05. The second-order valence-corrected chi connectivity index (χ2v) is 3.86. The summed E-state index contributed by atoms with van der Waals surface area (Å²) in [6.07, 6.45) is 2.08. The van der Waals surface area contributed by atoms with Gasteiger partial charge < -0.3 is 4.98 Å². The van der Waals surface area contributed by atoms with Gasteiger partial charge >= 0.3 is 0 Å². The summed E-state index contributed by atoms with van der Waals surface area (Å²) in [5.41, 5.74) is 2.25. The molecule has 0 fully saturated rings. The molecule has 1 aromatic carbocycles. The van der Waals surface area contributed by atoms with Crippen molar-refractivity contribution < 1.29 is 0 Å². The summed E-state index contributed by atoms with van der Waals surface area (Å²) in [6.45, 7) is 1.94. The maximum absolute atomic E-state index is 11.6. The first-order chi connectivity index (χ1) is 7.72. The summed E-state index contributed by atoms with van der Waals surface area (Å²) < 4.78 is 0. The molecular formula is C12H11ClN2O. The van der Waals surface area contributed by atoms with E-state index in [1.54, 1.807) is 12.1 Å². The van der Waals surface area contributed by atoms with Crippen LogP contribution in [0.25, 0.3) is 11.3 Å². The van der Waals surface area contributed by atoms with Crippen LogP contribution in [0.3, 0.4) is 0 Å². The number of hydrogen-bond donors (Lipinski definition) is 1. The Balaban J connectivity index is 2.60. The van der Waals surface area contributed by atoms with Gasteiger partial charge in [-0.05, 0) is 18.6 Å². The normalized spacial score (nSPS) is 10.4. The van der Waals surface area contributed by atoms with Crippen LogP contribution in [0, 0.1) is 0 Å². The topological polar surface area (TPSA) is 45.8 Å². The molecule has 0 aliphatic carbocycles. The van der Waals surface area contributed by atoms with Crippen LogP contribution in [-0.2, 0) is 6.42 Å². The fraction of sp³-hybridized carbons (Fsp3) is 0.167. The van der Waals surface area contributed by atoms with Crippen molar-refractivity contribution in [3.63, 3.8) is 0 Å².